The highest BCUT2D eigenvalue weighted by atomic mass is 16.5. The van der Waals surface area contributed by atoms with Gasteiger partial charge in [-0.05, 0) is 6.92 Å². The van der Waals surface area contributed by atoms with Gasteiger partial charge in [0.1, 0.15) is 5.82 Å². The molecule has 4 N–H and O–H groups in total. The van der Waals surface area contributed by atoms with Crippen molar-refractivity contribution >= 4 is 11.8 Å². The minimum absolute atomic E-state index is 0.382. The largest absolute Gasteiger partial charge is 0.369 e. The average molecular weight is 235 g/mol. The predicted molar refractivity (Wildman–Crippen MR) is 61.1 cm³/mol. The molecule has 0 atom stereocenters. The molecule has 0 aliphatic rings. The van der Waals surface area contributed by atoms with Crippen molar-refractivity contribution in [2.24, 2.45) is 5.84 Å². The molecule has 0 saturated carbocycles. The van der Waals surface area contributed by atoms with E-state index in [1.165, 1.54) is 6.39 Å². The Morgan fingerprint density at radius 3 is 3.00 bits per heavy atom. The molecule has 8 nitrogen and oxygen atoms in total. The van der Waals surface area contributed by atoms with Crippen molar-refractivity contribution in [1.82, 2.24) is 20.1 Å². The maximum absolute atomic E-state index is 5.26. The smallest absolute Gasteiger partial charge is 0.239 e. The lowest BCUT2D eigenvalue weighted by Gasteiger charge is -2.06. The fraction of sp³-hybridized carbons (Fsp3) is 0.333. The molecule has 0 aliphatic heterocycles. The van der Waals surface area contributed by atoms with Crippen molar-refractivity contribution in [3.8, 4) is 0 Å². The molecule has 90 valence electrons. The molecule has 0 fully saturated rings. The van der Waals surface area contributed by atoms with Crippen LogP contribution in [0, 0.1) is 6.92 Å². The topological polar surface area (TPSA) is 115 Å². The van der Waals surface area contributed by atoms with Crippen molar-refractivity contribution in [3.05, 3.63) is 24.0 Å². The maximum Gasteiger partial charge on any atom is 0.239 e. The molecule has 0 aromatic carbocycles. The zero-order chi connectivity index (χ0) is 12.1. The second-order valence-corrected chi connectivity index (χ2v) is 3.39. The van der Waals surface area contributed by atoms with Gasteiger partial charge >= 0.3 is 0 Å². The Bertz CT molecular complexity index is 470. The summed E-state index contributed by atoms with van der Waals surface area (Å²) in [6, 6.07) is 1.83. The maximum atomic E-state index is 5.26. The minimum atomic E-state index is 0.382. The van der Waals surface area contributed by atoms with Crippen LogP contribution in [0.5, 0.6) is 0 Å². The Kier molecular flexibility index (Phi) is 3.46. The Morgan fingerprint density at radius 1 is 1.41 bits per heavy atom. The fourth-order valence-corrected chi connectivity index (χ4v) is 1.33. The number of nitrogens with one attached hydrogen (secondary N) is 2. The molecule has 2 aromatic rings. The van der Waals surface area contributed by atoms with E-state index in [9.17, 15) is 0 Å². The van der Waals surface area contributed by atoms with E-state index in [1.807, 2.05) is 13.0 Å². The van der Waals surface area contributed by atoms with E-state index in [0.29, 0.717) is 30.6 Å². The van der Waals surface area contributed by atoms with Crippen LogP contribution in [0.3, 0.4) is 0 Å². The molecule has 0 aliphatic carbocycles. The van der Waals surface area contributed by atoms with E-state index in [-0.39, 0.29) is 0 Å². The molecule has 0 bridgehead atoms. The second-order valence-electron chi connectivity index (χ2n) is 3.39. The molecular formula is C9H13N7O. The van der Waals surface area contributed by atoms with Crippen molar-refractivity contribution < 1.29 is 4.52 Å². The highest BCUT2D eigenvalue weighted by molar-refractivity contribution is 5.41. The van der Waals surface area contributed by atoms with Gasteiger partial charge in [0.25, 0.3) is 0 Å². The number of nitrogens with zero attached hydrogens (tertiary/aromatic N) is 4. The highest BCUT2D eigenvalue weighted by Crippen LogP contribution is 2.08. The number of aromatic nitrogens is 4. The van der Waals surface area contributed by atoms with Gasteiger partial charge in [-0.1, -0.05) is 5.16 Å². The van der Waals surface area contributed by atoms with Gasteiger partial charge in [-0.15, -0.1) is 0 Å². The van der Waals surface area contributed by atoms with Crippen LogP contribution in [0.15, 0.2) is 17.0 Å². The third kappa shape index (κ3) is 3.11. The lowest BCUT2D eigenvalue weighted by molar-refractivity contribution is 0.410. The number of aryl methyl sites for hydroxylation is 1. The Morgan fingerprint density at radius 2 is 2.29 bits per heavy atom. The van der Waals surface area contributed by atoms with E-state index in [4.69, 9.17) is 5.84 Å². The van der Waals surface area contributed by atoms with Crippen molar-refractivity contribution in [2.45, 2.75) is 13.3 Å². The second kappa shape index (κ2) is 5.21. The van der Waals surface area contributed by atoms with E-state index in [0.717, 1.165) is 5.69 Å². The lowest BCUT2D eigenvalue weighted by Crippen LogP contribution is -2.13. The standard InChI is InChI=1S/C9H13N7O/c1-6-4-8(14-9(13-6)15-10)11-3-2-7-12-5-17-16-7/h4-5H,2-3,10H2,1H3,(H2,11,13,14,15). The van der Waals surface area contributed by atoms with Gasteiger partial charge in [-0.2, -0.15) is 9.97 Å². The van der Waals surface area contributed by atoms with Gasteiger partial charge in [0.05, 0.1) is 0 Å². The average Bonchev–Trinajstić information content (AvgIpc) is 2.81. The van der Waals surface area contributed by atoms with Gasteiger partial charge in [-0.3, -0.25) is 5.43 Å². The quantitative estimate of drug-likeness (QED) is 0.494. The first-order valence-electron chi connectivity index (χ1n) is 5.09. The Hall–Kier alpha value is -2.22. The predicted octanol–water partition coefficient (Wildman–Crippen LogP) is 0.108. The summed E-state index contributed by atoms with van der Waals surface area (Å²) >= 11 is 0. The van der Waals surface area contributed by atoms with Gasteiger partial charge in [0.15, 0.2) is 5.82 Å². The number of rotatable bonds is 5. The number of nitrogen functional groups attached to an aromatic ring is 1. The van der Waals surface area contributed by atoms with Crippen LogP contribution in [-0.4, -0.2) is 26.7 Å². The minimum Gasteiger partial charge on any atom is -0.369 e. The molecule has 17 heavy (non-hydrogen) atoms. The first-order chi connectivity index (χ1) is 8.28. The molecule has 2 rings (SSSR count). The number of nitrogens with two attached hydrogens (primary N) is 1. The zero-order valence-corrected chi connectivity index (χ0v) is 9.34. The number of hydrazine groups is 1. The summed E-state index contributed by atoms with van der Waals surface area (Å²) in [5, 5.41) is 6.84. The molecule has 0 amide bonds. The summed E-state index contributed by atoms with van der Waals surface area (Å²) in [6.07, 6.45) is 1.96. The van der Waals surface area contributed by atoms with Gasteiger partial charge in [-0.25, -0.2) is 10.8 Å². The number of hydrogen-bond acceptors (Lipinski definition) is 8. The SMILES string of the molecule is Cc1cc(NCCc2ncon2)nc(NN)n1. The summed E-state index contributed by atoms with van der Waals surface area (Å²) in [7, 11) is 0. The lowest BCUT2D eigenvalue weighted by atomic mass is 10.4. The summed E-state index contributed by atoms with van der Waals surface area (Å²) in [6.45, 7) is 2.52. The molecule has 0 unspecified atom stereocenters. The van der Waals surface area contributed by atoms with Crippen LogP contribution < -0.4 is 16.6 Å². The third-order valence-corrected chi connectivity index (χ3v) is 2.04. The first-order valence-corrected chi connectivity index (χ1v) is 5.09. The molecule has 0 radical (unpaired) electrons. The van der Waals surface area contributed by atoms with Gasteiger partial charge in [0.2, 0.25) is 12.3 Å². The summed E-state index contributed by atoms with van der Waals surface area (Å²) in [5.74, 6) is 7.00. The fourth-order valence-electron chi connectivity index (χ4n) is 1.33. The van der Waals surface area contributed by atoms with Crippen LogP contribution in [0.4, 0.5) is 11.8 Å². The molecule has 2 aromatic heterocycles. The molecule has 8 heteroatoms. The van der Waals surface area contributed by atoms with E-state index >= 15 is 0 Å². The van der Waals surface area contributed by atoms with E-state index in [2.05, 4.69) is 35.4 Å². The summed E-state index contributed by atoms with van der Waals surface area (Å²) < 4.78 is 4.63. The van der Waals surface area contributed by atoms with Crippen LogP contribution in [0.25, 0.3) is 0 Å². The molecular weight excluding hydrogens is 222 g/mol. The molecule has 0 spiro atoms. The van der Waals surface area contributed by atoms with Crippen LogP contribution in [0.2, 0.25) is 0 Å². The van der Waals surface area contributed by atoms with Gasteiger partial charge in [0, 0.05) is 24.7 Å². The molecule has 2 heterocycles. The van der Waals surface area contributed by atoms with Crippen molar-refractivity contribution in [1.29, 1.82) is 0 Å². The van der Waals surface area contributed by atoms with E-state index < -0.39 is 0 Å². The van der Waals surface area contributed by atoms with Crippen LogP contribution in [0.1, 0.15) is 11.5 Å². The zero-order valence-electron chi connectivity index (χ0n) is 9.34. The van der Waals surface area contributed by atoms with Crippen molar-refractivity contribution in [2.75, 3.05) is 17.3 Å². The highest BCUT2D eigenvalue weighted by Gasteiger charge is 2.02. The Balaban J connectivity index is 1.92. The number of hydrogen-bond donors (Lipinski definition) is 3. The summed E-state index contributed by atoms with van der Waals surface area (Å²) in [5.41, 5.74) is 3.24. The monoisotopic (exact) mass is 235 g/mol. The van der Waals surface area contributed by atoms with Crippen LogP contribution >= 0.6 is 0 Å². The third-order valence-electron chi connectivity index (χ3n) is 2.04. The first kappa shape index (κ1) is 11.3. The van der Waals surface area contributed by atoms with E-state index in [1.54, 1.807) is 0 Å². The number of anilines is 2. The van der Waals surface area contributed by atoms with Crippen LogP contribution in [-0.2, 0) is 6.42 Å². The van der Waals surface area contributed by atoms with Crippen molar-refractivity contribution in [3.63, 3.8) is 0 Å². The normalized spacial score (nSPS) is 10.2. The molecule has 0 saturated heterocycles. The summed E-state index contributed by atoms with van der Waals surface area (Å²) in [4.78, 5) is 12.1. The Labute approximate surface area is 97.6 Å². The van der Waals surface area contributed by atoms with Gasteiger partial charge < -0.3 is 9.84 Å².